The molecule has 84 valence electrons. The van der Waals surface area contributed by atoms with Crippen LogP contribution >= 0.6 is 0 Å². The number of aliphatic imine (C=N–C) groups is 1. The molecule has 0 aromatic heterocycles. The lowest BCUT2D eigenvalue weighted by molar-refractivity contribution is 0.188. The Morgan fingerprint density at radius 2 is 2.19 bits per heavy atom. The molecule has 0 unspecified atom stereocenters. The Labute approximate surface area is 94.7 Å². The first-order valence-corrected chi connectivity index (χ1v) is 5.62. The third-order valence-corrected chi connectivity index (χ3v) is 2.97. The van der Waals surface area contributed by atoms with E-state index in [0.717, 1.165) is 25.7 Å². The van der Waals surface area contributed by atoms with Gasteiger partial charge in [0.05, 0.1) is 25.3 Å². The molecule has 1 fully saturated rings. The molecule has 0 spiro atoms. The SMILES string of the molecule is c1ccc(CNC2=N[C@H]3COC[C@H]3N2)cc1. The van der Waals surface area contributed by atoms with Crippen molar-refractivity contribution in [2.45, 2.75) is 18.6 Å². The molecule has 2 N–H and O–H groups in total. The number of guanidine groups is 1. The molecule has 1 aromatic rings. The topological polar surface area (TPSA) is 45.7 Å². The van der Waals surface area contributed by atoms with E-state index in [9.17, 15) is 0 Å². The number of hydrogen-bond acceptors (Lipinski definition) is 4. The summed E-state index contributed by atoms with van der Waals surface area (Å²) in [4.78, 5) is 4.53. The molecule has 4 nitrogen and oxygen atoms in total. The van der Waals surface area contributed by atoms with Gasteiger partial charge in [-0.15, -0.1) is 0 Å². The largest absolute Gasteiger partial charge is 0.377 e. The number of ether oxygens (including phenoxy) is 1. The number of fused-ring (bicyclic) bond motifs is 1. The number of benzene rings is 1. The molecule has 0 amide bonds. The zero-order valence-electron chi connectivity index (χ0n) is 9.02. The third-order valence-electron chi connectivity index (χ3n) is 2.97. The maximum Gasteiger partial charge on any atom is 0.192 e. The third kappa shape index (κ3) is 1.88. The van der Waals surface area contributed by atoms with Crippen LogP contribution in [0.3, 0.4) is 0 Å². The Hall–Kier alpha value is -1.55. The smallest absolute Gasteiger partial charge is 0.192 e. The van der Waals surface area contributed by atoms with Crippen molar-refractivity contribution in [3.8, 4) is 0 Å². The fourth-order valence-corrected chi connectivity index (χ4v) is 2.07. The number of nitrogens with zero attached hydrogens (tertiary/aromatic N) is 1. The Morgan fingerprint density at radius 1 is 1.31 bits per heavy atom. The summed E-state index contributed by atoms with van der Waals surface area (Å²) in [5.41, 5.74) is 1.26. The van der Waals surface area contributed by atoms with Crippen LogP contribution in [0.5, 0.6) is 0 Å². The van der Waals surface area contributed by atoms with Crippen molar-refractivity contribution in [2.75, 3.05) is 13.2 Å². The van der Waals surface area contributed by atoms with Crippen molar-refractivity contribution >= 4 is 5.96 Å². The number of rotatable bonds is 2. The van der Waals surface area contributed by atoms with Crippen LogP contribution in [0.2, 0.25) is 0 Å². The minimum atomic E-state index is 0.304. The van der Waals surface area contributed by atoms with E-state index < -0.39 is 0 Å². The van der Waals surface area contributed by atoms with E-state index in [2.05, 4.69) is 27.8 Å². The van der Waals surface area contributed by atoms with Gasteiger partial charge in [-0.25, -0.2) is 4.99 Å². The van der Waals surface area contributed by atoms with E-state index in [1.807, 2.05) is 18.2 Å². The van der Waals surface area contributed by atoms with Gasteiger partial charge in [-0.3, -0.25) is 0 Å². The van der Waals surface area contributed by atoms with Crippen LogP contribution in [-0.4, -0.2) is 31.3 Å². The van der Waals surface area contributed by atoms with E-state index in [1.54, 1.807) is 0 Å². The highest BCUT2D eigenvalue weighted by atomic mass is 16.5. The molecular formula is C12H15N3O. The van der Waals surface area contributed by atoms with Crippen molar-refractivity contribution < 1.29 is 4.74 Å². The Bertz CT molecular complexity index is 391. The predicted molar refractivity (Wildman–Crippen MR) is 62.2 cm³/mol. The van der Waals surface area contributed by atoms with Crippen LogP contribution in [0.4, 0.5) is 0 Å². The van der Waals surface area contributed by atoms with Gasteiger partial charge in [-0.2, -0.15) is 0 Å². The van der Waals surface area contributed by atoms with E-state index in [-0.39, 0.29) is 0 Å². The van der Waals surface area contributed by atoms with Gasteiger partial charge in [0.1, 0.15) is 0 Å². The monoisotopic (exact) mass is 217 g/mol. The highest BCUT2D eigenvalue weighted by Crippen LogP contribution is 2.14. The molecule has 4 heteroatoms. The summed E-state index contributed by atoms with van der Waals surface area (Å²) in [5.74, 6) is 0.905. The maximum atomic E-state index is 5.33. The molecule has 2 atom stereocenters. The second kappa shape index (κ2) is 4.14. The summed E-state index contributed by atoms with van der Waals surface area (Å²) in [6.45, 7) is 2.33. The molecule has 3 rings (SSSR count). The molecule has 16 heavy (non-hydrogen) atoms. The van der Waals surface area contributed by atoms with Crippen LogP contribution in [0.15, 0.2) is 35.3 Å². The zero-order valence-corrected chi connectivity index (χ0v) is 9.02. The first kappa shape index (κ1) is 9.66. The molecule has 0 saturated carbocycles. The van der Waals surface area contributed by atoms with Crippen LogP contribution in [0.1, 0.15) is 5.56 Å². The second-order valence-electron chi connectivity index (χ2n) is 4.17. The molecule has 1 aromatic carbocycles. The fourth-order valence-electron chi connectivity index (χ4n) is 2.07. The molecule has 0 aliphatic carbocycles. The van der Waals surface area contributed by atoms with Gasteiger partial charge < -0.3 is 15.4 Å². The summed E-state index contributed by atoms with van der Waals surface area (Å²) in [5, 5.41) is 6.65. The van der Waals surface area contributed by atoms with E-state index >= 15 is 0 Å². The lowest BCUT2D eigenvalue weighted by Crippen LogP contribution is -2.40. The molecule has 2 heterocycles. The number of hydrogen-bond donors (Lipinski definition) is 2. The van der Waals surface area contributed by atoms with Crippen molar-refractivity contribution in [1.82, 2.24) is 10.6 Å². The Kier molecular flexibility index (Phi) is 2.50. The van der Waals surface area contributed by atoms with Crippen molar-refractivity contribution in [3.05, 3.63) is 35.9 Å². The van der Waals surface area contributed by atoms with Crippen molar-refractivity contribution in [2.24, 2.45) is 4.99 Å². The predicted octanol–water partition coefficient (Wildman–Crippen LogP) is 0.503. The minimum absolute atomic E-state index is 0.304. The molecule has 0 bridgehead atoms. The summed E-state index contributed by atoms with van der Waals surface area (Å²) in [6.07, 6.45) is 0. The molecule has 0 radical (unpaired) electrons. The molecule has 2 aliphatic heterocycles. The minimum Gasteiger partial charge on any atom is -0.377 e. The van der Waals surface area contributed by atoms with Gasteiger partial charge in [-0.1, -0.05) is 30.3 Å². The summed E-state index contributed by atoms with van der Waals surface area (Å²) >= 11 is 0. The van der Waals surface area contributed by atoms with Gasteiger partial charge >= 0.3 is 0 Å². The second-order valence-corrected chi connectivity index (χ2v) is 4.17. The zero-order chi connectivity index (χ0) is 10.8. The van der Waals surface area contributed by atoms with E-state index in [1.165, 1.54) is 5.56 Å². The van der Waals surface area contributed by atoms with E-state index in [0.29, 0.717) is 12.1 Å². The average Bonchev–Trinajstić information content (AvgIpc) is 2.88. The van der Waals surface area contributed by atoms with Gasteiger partial charge in [0.15, 0.2) is 5.96 Å². The quantitative estimate of drug-likeness (QED) is 0.758. The van der Waals surface area contributed by atoms with Crippen LogP contribution in [0.25, 0.3) is 0 Å². The fraction of sp³-hybridized carbons (Fsp3) is 0.417. The van der Waals surface area contributed by atoms with Gasteiger partial charge in [-0.05, 0) is 5.56 Å². The Morgan fingerprint density at radius 3 is 3.00 bits per heavy atom. The normalized spacial score (nSPS) is 27.1. The van der Waals surface area contributed by atoms with Gasteiger partial charge in [0.2, 0.25) is 0 Å². The number of nitrogens with one attached hydrogen (secondary N) is 2. The van der Waals surface area contributed by atoms with Gasteiger partial charge in [0, 0.05) is 6.54 Å². The first-order chi connectivity index (χ1) is 7.92. The van der Waals surface area contributed by atoms with Crippen LogP contribution in [-0.2, 0) is 11.3 Å². The lowest BCUT2D eigenvalue weighted by atomic mass is 10.2. The summed E-state index contributed by atoms with van der Waals surface area (Å²) in [6, 6.07) is 11.0. The molecule has 1 saturated heterocycles. The first-order valence-electron chi connectivity index (χ1n) is 5.62. The standard InChI is InChI=1S/C12H15N3O/c1-2-4-9(5-3-1)6-13-12-14-10-7-16-8-11(10)15-12/h1-5,10-11H,6-8H2,(H2,13,14,15)/t10-,11+. The average molecular weight is 217 g/mol. The van der Waals surface area contributed by atoms with Crippen molar-refractivity contribution in [1.29, 1.82) is 0 Å². The highest BCUT2D eigenvalue weighted by Gasteiger charge is 2.33. The van der Waals surface area contributed by atoms with Crippen LogP contribution in [0, 0.1) is 0 Å². The van der Waals surface area contributed by atoms with E-state index in [4.69, 9.17) is 4.74 Å². The molecule has 2 aliphatic rings. The Balaban J connectivity index is 1.57. The summed E-state index contributed by atoms with van der Waals surface area (Å²) < 4.78 is 5.33. The summed E-state index contributed by atoms with van der Waals surface area (Å²) in [7, 11) is 0. The van der Waals surface area contributed by atoms with Crippen LogP contribution < -0.4 is 10.6 Å². The maximum absolute atomic E-state index is 5.33. The highest BCUT2D eigenvalue weighted by molar-refractivity contribution is 5.82. The lowest BCUT2D eigenvalue weighted by Gasteiger charge is -2.09. The van der Waals surface area contributed by atoms with Gasteiger partial charge in [0.25, 0.3) is 0 Å². The van der Waals surface area contributed by atoms with Crippen molar-refractivity contribution in [3.63, 3.8) is 0 Å². The molecular weight excluding hydrogens is 202 g/mol.